The maximum Gasteiger partial charge on any atom is 0.249 e. The van der Waals surface area contributed by atoms with Crippen molar-refractivity contribution in [1.29, 1.82) is 0 Å². The minimum Gasteiger partial charge on any atom is -0.392 e. The number of piperidine rings is 1. The van der Waals surface area contributed by atoms with Gasteiger partial charge in [0, 0.05) is 6.42 Å². The summed E-state index contributed by atoms with van der Waals surface area (Å²) in [7, 11) is 0. The lowest BCUT2D eigenvalue weighted by Gasteiger charge is -2.31. The molecule has 1 rings (SSSR count). The zero-order valence-electron chi connectivity index (χ0n) is 11.1. The Morgan fingerprint density at radius 1 is 1.47 bits per heavy atom. The molecule has 0 aromatic carbocycles. The Morgan fingerprint density at radius 3 is 2.47 bits per heavy atom. The van der Waals surface area contributed by atoms with Crippen LogP contribution in [0.3, 0.4) is 0 Å². The molecule has 0 radical (unpaired) electrons. The van der Waals surface area contributed by atoms with Crippen LogP contribution in [0.4, 0.5) is 0 Å². The van der Waals surface area contributed by atoms with Gasteiger partial charge in [0.05, 0.1) is 10.4 Å². The number of carbonyl (C=O) groups is 3. The van der Waals surface area contributed by atoms with E-state index in [1.54, 1.807) is 0 Å². The second-order valence-corrected chi connectivity index (χ2v) is 5.07. The summed E-state index contributed by atoms with van der Waals surface area (Å²) in [5, 5.41) is 4.84. The van der Waals surface area contributed by atoms with Gasteiger partial charge in [-0.25, -0.2) is 0 Å². The molecular weight excluding hydrogens is 266 g/mol. The summed E-state index contributed by atoms with van der Waals surface area (Å²) >= 11 is 4.98. The molecule has 1 heterocycles. The number of hydrogen-bond donors (Lipinski definition) is 3. The SMILES string of the molecule is CCC(CC)(C(=O)NC1CCC(=O)NC1=O)C(N)=S. The number of nitrogens with two attached hydrogens (primary N) is 1. The molecule has 0 aromatic heterocycles. The highest BCUT2D eigenvalue weighted by molar-refractivity contribution is 7.80. The Kier molecular flexibility index (Phi) is 4.99. The molecule has 0 bridgehead atoms. The van der Waals surface area contributed by atoms with Gasteiger partial charge in [-0.1, -0.05) is 26.1 Å². The molecular formula is C12H19N3O3S. The highest BCUT2D eigenvalue weighted by Gasteiger charge is 2.40. The summed E-state index contributed by atoms with van der Waals surface area (Å²) in [6.07, 6.45) is 1.46. The first-order valence-corrected chi connectivity index (χ1v) is 6.72. The fraction of sp³-hybridized carbons (Fsp3) is 0.667. The average molecular weight is 285 g/mol. The zero-order valence-corrected chi connectivity index (χ0v) is 11.9. The standard InChI is InChI=1S/C12H19N3O3S/c1-3-12(4-2,10(13)19)11(18)14-7-5-6-8(16)15-9(7)17/h7H,3-6H2,1-2H3,(H2,13,19)(H,14,18)(H,15,16,17). The number of amides is 3. The molecule has 106 valence electrons. The predicted octanol–water partition coefficient (Wildman–Crippen LogP) is 0.000300. The fourth-order valence-electron chi connectivity index (χ4n) is 2.16. The van der Waals surface area contributed by atoms with E-state index in [2.05, 4.69) is 10.6 Å². The third-order valence-corrected chi connectivity index (χ3v) is 4.05. The molecule has 0 spiro atoms. The summed E-state index contributed by atoms with van der Waals surface area (Å²) in [5.41, 5.74) is 4.74. The van der Waals surface area contributed by atoms with E-state index in [-0.39, 0.29) is 23.2 Å². The third-order valence-electron chi connectivity index (χ3n) is 3.66. The average Bonchev–Trinajstić information content (AvgIpc) is 2.34. The predicted molar refractivity (Wildman–Crippen MR) is 74.1 cm³/mol. The first-order valence-electron chi connectivity index (χ1n) is 6.32. The Labute approximate surface area is 117 Å². The molecule has 3 amide bonds. The van der Waals surface area contributed by atoms with Crippen molar-refractivity contribution in [2.24, 2.45) is 11.1 Å². The van der Waals surface area contributed by atoms with Crippen LogP contribution >= 0.6 is 12.2 Å². The van der Waals surface area contributed by atoms with Gasteiger partial charge in [-0.15, -0.1) is 0 Å². The van der Waals surface area contributed by atoms with E-state index in [0.29, 0.717) is 19.3 Å². The van der Waals surface area contributed by atoms with E-state index >= 15 is 0 Å². The van der Waals surface area contributed by atoms with Gasteiger partial charge in [-0.2, -0.15) is 0 Å². The van der Waals surface area contributed by atoms with Crippen molar-refractivity contribution < 1.29 is 14.4 Å². The Balaban J connectivity index is 2.80. The molecule has 1 atom stereocenters. The van der Waals surface area contributed by atoms with E-state index in [0.717, 1.165) is 0 Å². The van der Waals surface area contributed by atoms with Crippen molar-refractivity contribution in [1.82, 2.24) is 10.6 Å². The van der Waals surface area contributed by atoms with Crippen LogP contribution in [0.5, 0.6) is 0 Å². The van der Waals surface area contributed by atoms with Gasteiger partial charge in [-0.3, -0.25) is 19.7 Å². The first kappa shape index (κ1) is 15.6. The van der Waals surface area contributed by atoms with Gasteiger partial charge in [0.25, 0.3) is 0 Å². The second kappa shape index (κ2) is 6.10. The van der Waals surface area contributed by atoms with Crippen molar-refractivity contribution in [3.8, 4) is 0 Å². The highest BCUT2D eigenvalue weighted by atomic mass is 32.1. The molecule has 6 nitrogen and oxygen atoms in total. The van der Waals surface area contributed by atoms with Crippen molar-refractivity contribution in [2.75, 3.05) is 0 Å². The Bertz CT molecular complexity index is 418. The quantitative estimate of drug-likeness (QED) is 0.487. The molecule has 1 saturated heterocycles. The summed E-state index contributed by atoms with van der Waals surface area (Å²) in [6.45, 7) is 3.65. The van der Waals surface area contributed by atoms with Gasteiger partial charge in [0.15, 0.2) is 0 Å². The van der Waals surface area contributed by atoms with Gasteiger partial charge in [0.2, 0.25) is 17.7 Å². The number of nitrogens with one attached hydrogen (secondary N) is 2. The monoisotopic (exact) mass is 285 g/mol. The van der Waals surface area contributed by atoms with Crippen LogP contribution in [0.2, 0.25) is 0 Å². The Hall–Kier alpha value is -1.50. The van der Waals surface area contributed by atoms with Crippen LogP contribution in [0.25, 0.3) is 0 Å². The minimum absolute atomic E-state index is 0.127. The molecule has 7 heteroatoms. The van der Waals surface area contributed by atoms with Crippen LogP contribution < -0.4 is 16.4 Å². The maximum atomic E-state index is 12.3. The fourth-order valence-corrected chi connectivity index (χ4v) is 2.54. The van der Waals surface area contributed by atoms with E-state index < -0.39 is 17.4 Å². The summed E-state index contributed by atoms with van der Waals surface area (Å²) in [6, 6.07) is -0.697. The number of imide groups is 1. The first-order chi connectivity index (χ1) is 8.87. The molecule has 0 aliphatic carbocycles. The van der Waals surface area contributed by atoms with Gasteiger partial charge < -0.3 is 11.1 Å². The van der Waals surface area contributed by atoms with Crippen LogP contribution in [-0.4, -0.2) is 28.8 Å². The molecule has 1 unspecified atom stereocenters. The van der Waals surface area contributed by atoms with Gasteiger partial charge >= 0.3 is 0 Å². The second-order valence-electron chi connectivity index (χ2n) is 4.63. The smallest absolute Gasteiger partial charge is 0.249 e. The lowest BCUT2D eigenvalue weighted by Crippen LogP contribution is -2.57. The van der Waals surface area contributed by atoms with E-state index in [1.165, 1.54) is 0 Å². The van der Waals surface area contributed by atoms with Crippen LogP contribution in [0, 0.1) is 5.41 Å². The molecule has 1 aliphatic heterocycles. The van der Waals surface area contributed by atoms with Crippen molar-refractivity contribution >= 4 is 34.9 Å². The lowest BCUT2D eigenvalue weighted by molar-refractivity contribution is -0.139. The van der Waals surface area contributed by atoms with E-state index in [1.807, 2.05) is 13.8 Å². The molecule has 1 fully saturated rings. The number of carbonyl (C=O) groups excluding carboxylic acids is 3. The molecule has 4 N–H and O–H groups in total. The van der Waals surface area contributed by atoms with E-state index in [4.69, 9.17) is 18.0 Å². The van der Waals surface area contributed by atoms with Crippen molar-refractivity contribution in [3.63, 3.8) is 0 Å². The summed E-state index contributed by atoms with van der Waals surface area (Å²) in [4.78, 5) is 35.1. The van der Waals surface area contributed by atoms with Crippen LogP contribution in [-0.2, 0) is 14.4 Å². The third kappa shape index (κ3) is 3.09. The molecule has 19 heavy (non-hydrogen) atoms. The number of rotatable bonds is 5. The van der Waals surface area contributed by atoms with Gasteiger partial charge in [-0.05, 0) is 19.3 Å². The normalized spacial score (nSPS) is 19.8. The van der Waals surface area contributed by atoms with Crippen LogP contribution in [0.1, 0.15) is 39.5 Å². The largest absolute Gasteiger partial charge is 0.392 e. The molecule has 1 aliphatic rings. The van der Waals surface area contributed by atoms with Gasteiger partial charge in [0.1, 0.15) is 6.04 Å². The highest BCUT2D eigenvalue weighted by Crippen LogP contribution is 2.27. The number of hydrogen-bond acceptors (Lipinski definition) is 4. The maximum absolute atomic E-state index is 12.3. The minimum atomic E-state index is -0.933. The number of thiocarbonyl (C=S) groups is 1. The summed E-state index contributed by atoms with van der Waals surface area (Å²) in [5.74, 6) is -1.14. The zero-order chi connectivity index (χ0) is 14.6. The van der Waals surface area contributed by atoms with Crippen molar-refractivity contribution in [2.45, 2.75) is 45.6 Å². The summed E-state index contributed by atoms with van der Waals surface area (Å²) < 4.78 is 0. The van der Waals surface area contributed by atoms with E-state index in [9.17, 15) is 14.4 Å². The lowest BCUT2D eigenvalue weighted by atomic mass is 9.81. The Morgan fingerprint density at radius 2 is 2.05 bits per heavy atom. The van der Waals surface area contributed by atoms with Crippen LogP contribution in [0.15, 0.2) is 0 Å². The molecule has 0 aromatic rings. The topological polar surface area (TPSA) is 101 Å². The molecule has 0 saturated carbocycles. The van der Waals surface area contributed by atoms with Crippen molar-refractivity contribution in [3.05, 3.63) is 0 Å².